The highest BCUT2D eigenvalue weighted by Gasteiger charge is 2.44. The van der Waals surface area contributed by atoms with Gasteiger partial charge < -0.3 is 5.11 Å². The topological polar surface area (TPSA) is 43.8 Å². The van der Waals surface area contributed by atoms with Gasteiger partial charge in [-0.15, -0.1) is 0 Å². The fraction of sp³-hybridized carbons (Fsp3) is 0.917. The molecule has 4 fully saturated rings. The number of piperidine rings is 4. The van der Waals surface area contributed by atoms with Gasteiger partial charge >= 0.3 is 5.97 Å². The standard InChI is InChI=1S/C12H20N2O2/c15-12(16)8-13-4-3-10-9-1-5-14(6-2-9)11(10)7-13/h9-11H,1-8H2,(H,15,16). The molecule has 0 spiro atoms. The molecule has 0 aromatic rings. The average molecular weight is 224 g/mol. The van der Waals surface area contributed by atoms with Crippen molar-refractivity contribution in [1.82, 2.24) is 9.80 Å². The zero-order valence-corrected chi connectivity index (χ0v) is 9.64. The van der Waals surface area contributed by atoms with E-state index in [1.165, 1.54) is 32.4 Å². The van der Waals surface area contributed by atoms with Gasteiger partial charge in [-0.05, 0) is 50.7 Å². The molecular weight excluding hydrogens is 204 g/mol. The lowest BCUT2D eigenvalue weighted by molar-refractivity contribution is -0.140. The summed E-state index contributed by atoms with van der Waals surface area (Å²) < 4.78 is 0. The third kappa shape index (κ3) is 1.74. The summed E-state index contributed by atoms with van der Waals surface area (Å²) in [6.45, 7) is 4.67. The van der Waals surface area contributed by atoms with Crippen molar-refractivity contribution in [2.75, 3.05) is 32.7 Å². The first-order chi connectivity index (χ1) is 7.74. The molecule has 0 amide bonds. The van der Waals surface area contributed by atoms with E-state index in [0.29, 0.717) is 6.04 Å². The summed E-state index contributed by atoms with van der Waals surface area (Å²) in [5.74, 6) is 1.10. The van der Waals surface area contributed by atoms with Crippen molar-refractivity contribution >= 4 is 5.97 Å². The van der Waals surface area contributed by atoms with Crippen LogP contribution in [0.25, 0.3) is 0 Å². The zero-order valence-electron chi connectivity index (χ0n) is 9.64. The van der Waals surface area contributed by atoms with Crippen molar-refractivity contribution in [3.8, 4) is 0 Å². The Hall–Kier alpha value is -0.610. The summed E-state index contributed by atoms with van der Waals surface area (Å²) in [5.41, 5.74) is 0. The molecule has 4 aliphatic rings. The summed E-state index contributed by atoms with van der Waals surface area (Å²) in [4.78, 5) is 15.4. The van der Waals surface area contributed by atoms with Crippen LogP contribution in [0.4, 0.5) is 0 Å². The van der Waals surface area contributed by atoms with Gasteiger partial charge in [0.25, 0.3) is 0 Å². The van der Waals surface area contributed by atoms with Crippen molar-refractivity contribution in [2.45, 2.75) is 25.3 Å². The van der Waals surface area contributed by atoms with Crippen LogP contribution in [0.1, 0.15) is 19.3 Å². The Kier molecular flexibility index (Phi) is 2.64. The molecule has 0 radical (unpaired) electrons. The number of carboxylic acids is 1. The van der Waals surface area contributed by atoms with Crippen LogP contribution in [-0.4, -0.2) is 59.6 Å². The van der Waals surface area contributed by atoms with E-state index in [9.17, 15) is 4.79 Å². The van der Waals surface area contributed by atoms with Gasteiger partial charge in [-0.2, -0.15) is 0 Å². The number of carboxylic acid groups (broad SMARTS) is 1. The molecule has 4 saturated heterocycles. The van der Waals surface area contributed by atoms with Gasteiger partial charge in [0, 0.05) is 12.6 Å². The second-order valence-electron chi connectivity index (χ2n) is 5.52. The number of hydrogen-bond donors (Lipinski definition) is 1. The number of nitrogens with zero attached hydrogens (tertiary/aromatic N) is 2. The smallest absolute Gasteiger partial charge is 0.317 e. The minimum absolute atomic E-state index is 0.224. The van der Waals surface area contributed by atoms with Gasteiger partial charge in [0.15, 0.2) is 0 Å². The number of aliphatic carboxylic acids is 1. The lowest BCUT2D eigenvalue weighted by Crippen LogP contribution is -2.62. The molecule has 90 valence electrons. The summed E-state index contributed by atoms with van der Waals surface area (Å²) in [6.07, 6.45) is 3.96. The minimum atomic E-state index is -0.686. The van der Waals surface area contributed by atoms with E-state index in [0.717, 1.165) is 24.9 Å². The number of likely N-dealkylation sites (tertiary alicyclic amines) is 1. The SMILES string of the molecule is O=C(O)CN1CCC2C3CCN(CC3)C2C1. The molecular formula is C12H20N2O2. The molecule has 4 nitrogen and oxygen atoms in total. The van der Waals surface area contributed by atoms with Crippen LogP contribution in [-0.2, 0) is 4.79 Å². The van der Waals surface area contributed by atoms with Gasteiger partial charge in [-0.3, -0.25) is 14.6 Å². The molecule has 4 aliphatic heterocycles. The van der Waals surface area contributed by atoms with Crippen LogP contribution in [0.2, 0.25) is 0 Å². The fourth-order valence-corrected chi connectivity index (χ4v) is 3.97. The van der Waals surface area contributed by atoms with Gasteiger partial charge in [0.1, 0.15) is 0 Å². The normalized spacial score (nSPS) is 43.0. The lowest BCUT2D eigenvalue weighted by Gasteiger charge is -2.55. The third-order valence-electron chi connectivity index (χ3n) is 4.73. The molecule has 0 aromatic carbocycles. The molecule has 0 aromatic heterocycles. The lowest BCUT2D eigenvalue weighted by atomic mass is 9.70. The van der Waals surface area contributed by atoms with Crippen LogP contribution in [0.15, 0.2) is 0 Å². The van der Waals surface area contributed by atoms with E-state index in [1.54, 1.807) is 0 Å². The molecule has 16 heavy (non-hydrogen) atoms. The van der Waals surface area contributed by atoms with Crippen LogP contribution in [0.5, 0.6) is 0 Å². The van der Waals surface area contributed by atoms with Gasteiger partial charge in [0.2, 0.25) is 0 Å². The molecule has 2 atom stereocenters. The monoisotopic (exact) mass is 224 g/mol. The Morgan fingerprint density at radius 3 is 2.62 bits per heavy atom. The molecule has 4 heteroatoms. The maximum Gasteiger partial charge on any atom is 0.317 e. The van der Waals surface area contributed by atoms with Gasteiger partial charge in [-0.1, -0.05) is 0 Å². The van der Waals surface area contributed by atoms with Crippen LogP contribution in [0.3, 0.4) is 0 Å². The molecule has 0 saturated carbocycles. The van der Waals surface area contributed by atoms with Gasteiger partial charge in [-0.25, -0.2) is 0 Å². The second-order valence-corrected chi connectivity index (χ2v) is 5.52. The Labute approximate surface area is 96.2 Å². The van der Waals surface area contributed by atoms with Crippen LogP contribution in [0, 0.1) is 11.8 Å². The van der Waals surface area contributed by atoms with Crippen molar-refractivity contribution in [3.63, 3.8) is 0 Å². The van der Waals surface area contributed by atoms with E-state index in [1.807, 2.05) is 0 Å². The molecule has 1 N–H and O–H groups in total. The highest BCUT2D eigenvalue weighted by molar-refractivity contribution is 5.69. The number of hydrogen-bond acceptors (Lipinski definition) is 3. The summed E-state index contributed by atoms with van der Waals surface area (Å²) in [7, 11) is 0. The molecule has 2 unspecified atom stereocenters. The van der Waals surface area contributed by atoms with E-state index >= 15 is 0 Å². The summed E-state index contributed by atoms with van der Waals surface area (Å²) in [6, 6.07) is 0.653. The van der Waals surface area contributed by atoms with E-state index in [-0.39, 0.29) is 6.54 Å². The molecule has 2 bridgehead atoms. The molecule has 4 rings (SSSR count). The molecule has 4 heterocycles. The van der Waals surface area contributed by atoms with Gasteiger partial charge in [0.05, 0.1) is 6.54 Å². The maximum atomic E-state index is 10.7. The number of rotatable bonds is 2. The fourth-order valence-electron chi connectivity index (χ4n) is 3.97. The number of fused-ring (bicyclic) bond motifs is 2. The first-order valence-corrected chi connectivity index (χ1v) is 6.42. The largest absolute Gasteiger partial charge is 0.480 e. The Bertz CT molecular complexity index is 287. The Morgan fingerprint density at radius 2 is 1.94 bits per heavy atom. The van der Waals surface area contributed by atoms with Crippen LogP contribution < -0.4 is 0 Å². The first-order valence-electron chi connectivity index (χ1n) is 6.42. The second kappa shape index (κ2) is 4.00. The van der Waals surface area contributed by atoms with Crippen molar-refractivity contribution in [3.05, 3.63) is 0 Å². The van der Waals surface area contributed by atoms with Crippen LogP contribution >= 0.6 is 0 Å². The maximum absolute atomic E-state index is 10.7. The first kappa shape index (κ1) is 10.5. The van der Waals surface area contributed by atoms with E-state index < -0.39 is 5.97 Å². The highest BCUT2D eigenvalue weighted by Crippen LogP contribution is 2.41. The van der Waals surface area contributed by atoms with Crippen molar-refractivity contribution in [2.24, 2.45) is 11.8 Å². The van der Waals surface area contributed by atoms with Crippen molar-refractivity contribution in [1.29, 1.82) is 0 Å². The summed E-state index contributed by atoms with van der Waals surface area (Å²) >= 11 is 0. The quantitative estimate of drug-likeness (QED) is 0.741. The number of carbonyl (C=O) groups is 1. The third-order valence-corrected chi connectivity index (χ3v) is 4.73. The summed E-state index contributed by atoms with van der Waals surface area (Å²) in [5, 5.41) is 8.84. The van der Waals surface area contributed by atoms with Crippen molar-refractivity contribution < 1.29 is 9.90 Å². The predicted molar refractivity (Wildman–Crippen MR) is 60.3 cm³/mol. The van der Waals surface area contributed by atoms with E-state index in [2.05, 4.69) is 9.80 Å². The van der Waals surface area contributed by atoms with E-state index in [4.69, 9.17) is 5.11 Å². The Balaban J connectivity index is 1.67. The zero-order chi connectivity index (χ0) is 11.1. The highest BCUT2D eigenvalue weighted by atomic mass is 16.4. The predicted octanol–water partition coefficient (Wildman–Crippen LogP) is 0.487. The Morgan fingerprint density at radius 1 is 1.19 bits per heavy atom. The molecule has 0 aliphatic carbocycles. The minimum Gasteiger partial charge on any atom is -0.480 e. The average Bonchev–Trinajstić information content (AvgIpc) is 2.29.